The first kappa shape index (κ1) is 34.4. The lowest BCUT2D eigenvalue weighted by Gasteiger charge is -2.14. The molecule has 0 bridgehead atoms. The summed E-state index contributed by atoms with van der Waals surface area (Å²) in [5, 5.41) is 33.8. The zero-order valence-corrected chi connectivity index (χ0v) is 25.2. The molecule has 0 radical (unpaired) electrons. The summed E-state index contributed by atoms with van der Waals surface area (Å²) in [6, 6.07) is 12.2. The Bertz CT molecular complexity index is 1420. The summed E-state index contributed by atoms with van der Waals surface area (Å²) in [4.78, 5) is 34.7. The van der Waals surface area contributed by atoms with E-state index in [-0.39, 0.29) is 24.8 Å². The minimum atomic E-state index is -0.732. The molecule has 0 spiro atoms. The number of phenols is 1. The van der Waals surface area contributed by atoms with E-state index in [1.165, 1.54) is 19.2 Å². The van der Waals surface area contributed by atoms with Crippen LogP contribution < -0.4 is 16.7 Å². The first-order valence-corrected chi connectivity index (χ1v) is 15.0. The third-order valence-corrected chi connectivity index (χ3v) is 7.09. The van der Waals surface area contributed by atoms with Gasteiger partial charge in [0.1, 0.15) is 18.9 Å². The van der Waals surface area contributed by atoms with Crippen molar-refractivity contribution in [2.45, 2.75) is 71.1 Å². The largest absolute Gasteiger partial charge is 0.508 e. The smallest absolute Gasteiger partial charge is 0.336 e. The van der Waals surface area contributed by atoms with Crippen LogP contribution in [-0.2, 0) is 38.6 Å². The highest BCUT2D eigenvalue weighted by Crippen LogP contribution is 2.23. The second-order valence-corrected chi connectivity index (χ2v) is 10.7. The summed E-state index contributed by atoms with van der Waals surface area (Å²) in [6.45, 7) is 3.52. The maximum absolute atomic E-state index is 12.5. The zero-order chi connectivity index (χ0) is 31.9. The molecule has 0 aliphatic rings. The van der Waals surface area contributed by atoms with Gasteiger partial charge in [-0.2, -0.15) is 0 Å². The van der Waals surface area contributed by atoms with Gasteiger partial charge in [0.05, 0.1) is 18.0 Å². The van der Waals surface area contributed by atoms with Gasteiger partial charge in [-0.3, -0.25) is 14.2 Å². The molecule has 0 aliphatic heterocycles. The van der Waals surface area contributed by atoms with Gasteiger partial charge in [0, 0.05) is 32.2 Å². The lowest BCUT2D eigenvalue weighted by Crippen LogP contribution is -2.28. The number of phenolic OH excluding ortho intramolecular Hbond substituents is 1. The number of aliphatic hydroxyl groups excluding tert-OH is 1. The number of unbranched alkanes of at least 4 members (excludes halogenated alkanes) is 4. The molecule has 3 rings (SSSR count). The van der Waals surface area contributed by atoms with Crippen LogP contribution in [0.15, 0.2) is 53.5 Å². The SMILES string of the molecule is CC(=O)OCc1cc([C@@H](O)CNCCCCCCOCCCCc2cccc(-n3c(O)cn(CC(N)=O)c3=O)c2)ccc1O. The fourth-order valence-corrected chi connectivity index (χ4v) is 4.76. The number of imidazole rings is 1. The molecule has 1 aromatic heterocycles. The summed E-state index contributed by atoms with van der Waals surface area (Å²) < 4.78 is 12.9. The van der Waals surface area contributed by atoms with Crippen LogP contribution in [0.4, 0.5) is 0 Å². The van der Waals surface area contributed by atoms with Crippen molar-refractivity contribution in [3.8, 4) is 17.3 Å². The van der Waals surface area contributed by atoms with Crippen LogP contribution >= 0.6 is 0 Å². The Hall–Kier alpha value is -4.13. The van der Waals surface area contributed by atoms with E-state index in [9.17, 15) is 29.7 Å². The maximum Gasteiger partial charge on any atom is 0.336 e. The van der Waals surface area contributed by atoms with Crippen molar-refractivity contribution in [1.82, 2.24) is 14.5 Å². The number of nitrogens with one attached hydrogen (secondary N) is 1. The number of ether oxygens (including phenoxy) is 2. The van der Waals surface area contributed by atoms with E-state index in [4.69, 9.17) is 15.2 Å². The van der Waals surface area contributed by atoms with Gasteiger partial charge in [-0.25, -0.2) is 9.36 Å². The van der Waals surface area contributed by atoms with Crippen LogP contribution in [0.1, 0.15) is 68.2 Å². The third kappa shape index (κ3) is 11.2. The van der Waals surface area contributed by atoms with Crippen molar-refractivity contribution in [2.24, 2.45) is 5.73 Å². The number of aromatic nitrogens is 2. The second-order valence-electron chi connectivity index (χ2n) is 10.7. The number of carbonyl (C=O) groups is 2. The normalized spacial score (nSPS) is 11.9. The van der Waals surface area contributed by atoms with Crippen LogP contribution in [0, 0.1) is 0 Å². The highest BCUT2D eigenvalue weighted by atomic mass is 16.5. The van der Waals surface area contributed by atoms with Gasteiger partial charge in [0.15, 0.2) is 0 Å². The quantitative estimate of drug-likeness (QED) is 0.0948. The summed E-state index contributed by atoms with van der Waals surface area (Å²) in [5.74, 6) is -1.33. The number of hydrogen-bond acceptors (Lipinski definition) is 9. The number of amides is 1. The first-order valence-electron chi connectivity index (χ1n) is 15.0. The molecule has 0 fully saturated rings. The Labute approximate surface area is 257 Å². The average molecular weight is 613 g/mol. The molecular formula is C32H44N4O8. The van der Waals surface area contributed by atoms with Crippen molar-refractivity contribution >= 4 is 11.9 Å². The fraction of sp³-hybridized carbons (Fsp3) is 0.469. The highest BCUT2D eigenvalue weighted by molar-refractivity contribution is 5.73. The third-order valence-electron chi connectivity index (χ3n) is 7.09. The summed E-state index contributed by atoms with van der Waals surface area (Å²) in [5.41, 5.74) is 7.31. The molecule has 0 aliphatic carbocycles. The molecule has 0 unspecified atom stereocenters. The molecule has 240 valence electrons. The number of aryl methyl sites for hydroxylation is 1. The number of aromatic hydroxyl groups is 2. The first-order chi connectivity index (χ1) is 21.2. The molecule has 6 N–H and O–H groups in total. The summed E-state index contributed by atoms with van der Waals surface area (Å²) >= 11 is 0. The van der Waals surface area contributed by atoms with Crippen LogP contribution in [0.25, 0.3) is 5.69 Å². The van der Waals surface area contributed by atoms with E-state index in [1.54, 1.807) is 18.2 Å². The molecule has 1 atom stereocenters. The van der Waals surface area contributed by atoms with Crippen molar-refractivity contribution in [3.05, 3.63) is 75.8 Å². The van der Waals surface area contributed by atoms with E-state index in [2.05, 4.69) is 5.32 Å². The number of primary amides is 1. The van der Waals surface area contributed by atoms with Crippen molar-refractivity contribution in [1.29, 1.82) is 0 Å². The topological polar surface area (TPSA) is 178 Å². The number of aliphatic hydroxyl groups is 1. The zero-order valence-electron chi connectivity index (χ0n) is 25.2. The molecule has 0 saturated heterocycles. The maximum atomic E-state index is 12.5. The van der Waals surface area contributed by atoms with Crippen molar-refractivity contribution < 1.29 is 34.4 Å². The number of carbonyl (C=O) groups excluding carboxylic acids is 2. The van der Waals surface area contributed by atoms with Crippen molar-refractivity contribution in [2.75, 3.05) is 26.3 Å². The van der Waals surface area contributed by atoms with E-state index >= 15 is 0 Å². The van der Waals surface area contributed by atoms with Gasteiger partial charge in [-0.1, -0.05) is 31.0 Å². The second kappa shape index (κ2) is 17.9. The molecule has 3 aromatic rings. The van der Waals surface area contributed by atoms with E-state index in [0.29, 0.717) is 36.6 Å². The minimum absolute atomic E-state index is 0.0240. The minimum Gasteiger partial charge on any atom is -0.508 e. The van der Waals surface area contributed by atoms with E-state index in [0.717, 1.165) is 66.2 Å². The van der Waals surface area contributed by atoms with E-state index in [1.807, 2.05) is 18.2 Å². The number of benzene rings is 2. The molecular weight excluding hydrogens is 568 g/mol. The Morgan fingerprint density at radius 2 is 1.75 bits per heavy atom. The monoisotopic (exact) mass is 612 g/mol. The number of nitrogens with zero attached hydrogens (tertiary/aromatic N) is 2. The summed E-state index contributed by atoms with van der Waals surface area (Å²) in [7, 11) is 0. The van der Waals surface area contributed by atoms with Gasteiger partial charge >= 0.3 is 11.7 Å². The fourth-order valence-electron chi connectivity index (χ4n) is 4.76. The predicted octanol–water partition coefficient (Wildman–Crippen LogP) is 2.82. The number of esters is 1. The molecule has 12 nitrogen and oxygen atoms in total. The summed E-state index contributed by atoms with van der Waals surface area (Å²) in [6.07, 6.45) is 7.18. The van der Waals surface area contributed by atoms with Gasteiger partial charge < -0.3 is 35.8 Å². The predicted molar refractivity (Wildman–Crippen MR) is 165 cm³/mol. The lowest BCUT2D eigenvalue weighted by atomic mass is 10.1. The molecule has 1 amide bonds. The van der Waals surface area contributed by atoms with Crippen LogP contribution in [0.5, 0.6) is 11.6 Å². The van der Waals surface area contributed by atoms with Gasteiger partial charge in [-0.15, -0.1) is 0 Å². The highest BCUT2D eigenvalue weighted by Gasteiger charge is 2.14. The van der Waals surface area contributed by atoms with Crippen LogP contribution in [0.3, 0.4) is 0 Å². The van der Waals surface area contributed by atoms with Gasteiger partial charge in [-0.05, 0) is 74.0 Å². The van der Waals surface area contributed by atoms with Crippen LogP contribution in [0.2, 0.25) is 0 Å². The molecule has 0 saturated carbocycles. The van der Waals surface area contributed by atoms with Gasteiger partial charge in [0.2, 0.25) is 11.8 Å². The Morgan fingerprint density at radius 1 is 1.00 bits per heavy atom. The number of nitrogens with two attached hydrogens (primary N) is 1. The molecule has 1 heterocycles. The van der Waals surface area contributed by atoms with Gasteiger partial charge in [0.25, 0.3) is 0 Å². The standard InChI is InChI=1S/C32H44N4O8/c1-23(37)44-22-26-18-25(12-13-28(26)38)29(39)19-34-14-5-2-3-6-15-43-16-7-4-9-24-10-8-11-27(17-24)36-31(41)21-35(32(36)42)20-30(33)40/h8,10-13,17-18,21,29,34,38-39,41H,2-7,9,14-16,19-20,22H2,1H3,(H2,33,40)/t29-/m0/s1. The number of hydrogen-bond donors (Lipinski definition) is 5. The molecule has 44 heavy (non-hydrogen) atoms. The van der Waals surface area contributed by atoms with Crippen LogP contribution in [-0.4, -0.2) is 62.6 Å². The molecule has 12 heteroatoms. The van der Waals surface area contributed by atoms with Crippen molar-refractivity contribution in [3.63, 3.8) is 0 Å². The lowest BCUT2D eigenvalue weighted by molar-refractivity contribution is -0.142. The molecule has 2 aromatic carbocycles. The Morgan fingerprint density at radius 3 is 2.50 bits per heavy atom. The Balaban J connectivity index is 1.22. The van der Waals surface area contributed by atoms with E-state index < -0.39 is 23.7 Å². The Kier molecular flexibility index (Phi) is 13.9. The number of rotatable bonds is 20. The average Bonchev–Trinajstić information content (AvgIpc) is 3.26.